The van der Waals surface area contributed by atoms with Crippen molar-refractivity contribution in [3.05, 3.63) is 78.4 Å². The minimum Gasteiger partial charge on any atom is -0.494 e. The van der Waals surface area contributed by atoms with Gasteiger partial charge in [0.25, 0.3) is 15.9 Å². The van der Waals surface area contributed by atoms with Crippen LogP contribution in [0, 0.1) is 0 Å². The first-order chi connectivity index (χ1) is 16.2. The van der Waals surface area contributed by atoms with E-state index in [4.69, 9.17) is 9.47 Å². The predicted molar refractivity (Wildman–Crippen MR) is 130 cm³/mol. The molecule has 8 nitrogen and oxygen atoms in total. The highest BCUT2D eigenvalue weighted by Crippen LogP contribution is 2.25. The Hall–Kier alpha value is -3.85. The van der Waals surface area contributed by atoms with Crippen LogP contribution in [0.1, 0.15) is 24.2 Å². The molecule has 0 fully saturated rings. The SMILES string of the molecule is CCOc1ccc(S(=O)(=O)N(C)c2ccc(OCC(=O)Nc3ccccc3C(C)=O)cc2)cc1. The van der Waals surface area contributed by atoms with Gasteiger partial charge in [-0.1, -0.05) is 12.1 Å². The minimum atomic E-state index is -3.76. The second kappa shape index (κ2) is 10.8. The number of carbonyl (C=O) groups excluding carboxylic acids is 2. The first kappa shape index (κ1) is 24.8. The molecule has 0 aliphatic rings. The Bertz CT molecular complexity index is 1260. The van der Waals surface area contributed by atoms with Gasteiger partial charge in [0, 0.05) is 12.6 Å². The van der Waals surface area contributed by atoms with E-state index in [0.717, 1.165) is 4.31 Å². The van der Waals surface area contributed by atoms with Crippen molar-refractivity contribution in [3.8, 4) is 11.5 Å². The van der Waals surface area contributed by atoms with Crippen LogP contribution in [0.4, 0.5) is 11.4 Å². The molecule has 0 unspecified atom stereocenters. The van der Waals surface area contributed by atoms with E-state index in [-0.39, 0.29) is 17.3 Å². The van der Waals surface area contributed by atoms with Gasteiger partial charge in [0.1, 0.15) is 11.5 Å². The summed E-state index contributed by atoms with van der Waals surface area (Å²) >= 11 is 0. The largest absolute Gasteiger partial charge is 0.494 e. The summed E-state index contributed by atoms with van der Waals surface area (Å²) in [6.45, 7) is 3.50. The Kier molecular flexibility index (Phi) is 7.91. The average Bonchev–Trinajstić information content (AvgIpc) is 2.83. The number of ketones is 1. The van der Waals surface area contributed by atoms with Crippen LogP contribution in [0.15, 0.2) is 77.7 Å². The van der Waals surface area contributed by atoms with Crippen molar-refractivity contribution < 1.29 is 27.5 Å². The molecule has 3 aromatic rings. The Morgan fingerprint density at radius 2 is 1.47 bits per heavy atom. The van der Waals surface area contributed by atoms with Crippen LogP contribution < -0.4 is 19.1 Å². The lowest BCUT2D eigenvalue weighted by atomic mass is 10.1. The van der Waals surface area contributed by atoms with E-state index in [0.29, 0.717) is 35.0 Å². The molecular weight excluding hydrogens is 456 g/mol. The average molecular weight is 483 g/mol. The number of hydrogen-bond donors (Lipinski definition) is 1. The number of sulfonamides is 1. The molecule has 0 saturated heterocycles. The highest BCUT2D eigenvalue weighted by molar-refractivity contribution is 7.92. The molecule has 0 atom stereocenters. The Morgan fingerprint density at radius 1 is 0.882 bits per heavy atom. The number of anilines is 2. The zero-order valence-corrected chi connectivity index (χ0v) is 20.0. The summed E-state index contributed by atoms with van der Waals surface area (Å²) in [5.41, 5.74) is 1.26. The molecule has 1 N–H and O–H groups in total. The molecule has 0 heterocycles. The van der Waals surface area contributed by atoms with E-state index in [1.807, 2.05) is 6.92 Å². The van der Waals surface area contributed by atoms with Crippen molar-refractivity contribution in [2.45, 2.75) is 18.7 Å². The maximum Gasteiger partial charge on any atom is 0.264 e. The smallest absolute Gasteiger partial charge is 0.264 e. The van der Waals surface area contributed by atoms with Crippen molar-refractivity contribution in [2.75, 3.05) is 29.9 Å². The van der Waals surface area contributed by atoms with E-state index in [1.165, 1.54) is 26.1 Å². The number of nitrogens with zero attached hydrogens (tertiary/aromatic N) is 1. The van der Waals surface area contributed by atoms with Gasteiger partial charge in [0.15, 0.2) is 12.4 Å². The topological polar surface area (TPSA) is 102 Å². The fraction of sp³-hybridized carbons (Fsp3) is 0.200. The van der Waals surface area contributed by atoms with Gasteiger partial charge in [-0.2, -0.15) is 0 Å². The molecular formula is C25H26N2O6S. The van der Waals surface area contributed by atoms with Crippen molar-refractivity contribution in [1.29, 1.82) is 0 Å². The third-order valence-corrected chi connectivity index (χ3v) is 6.74. The van der Waals surface area contributed by atoms with Crippen molar-refractivity contribution in [2.24, 2.45) is 0 Å². The predicted octanol–water partition coefficient (Wildman–Crippen LogP) is 4.13. The van der Waals surface area contributed by atoms with E-state index in [2.05, 4.69) is 5.32 Å². The first-order valence-corrected chi connectivity index (χ1v) is 12.0. The maximum absolute atomic E-state index is 12.9. The number of carbonyl (C=O) groups is 2. The Morgan fingerprint density at radius 3 is 2.09 bits per heavy atom. The summed E-state index contributed by atoms with van der Waals surface area (Å²) < 4.78 is 37.9. The van der Waals surface area contributed by atoms with Gasteiger partial charge in [-0.25, -0.2) is 8.42 Å². The molecule has 34 heavy (non-hydrogen) atoms. The Balaban J connectivity index is 1.62. The number of amides is 1. The van der Waals surface area contributed by atoms with Crippen molar-refractivity contribution in [3.63, 3.8) is 0 Å². The normalized spacial score (nSPS) is 10.9. The van der Waals surface area contributed by atoms with Gasteiger partial charge in [-0.05, 0) is 74.5 Å². The number of para-hydroxylation sites is 1. The van der Waals surface area contributed by atoms with Crippen LogP contribution in [0.2, 0.25) is 0 Å². The zero-order valence-electron chi connectivity index (χ0n) is 19.1. The van der Waals surface area contributed by atoms with Crippen LogP contribution in [-0.4, -0.2) is 40.4 Å². The molecule has 178 valence electrons. The van der Waals surface area contributed by atoms with Crippen LogP contribution in [0.25, 0.3) is 0 Å². The van der Waals surface area contributed by atoms with Gasteiger partial charge in [-0.3, -0.25) is 13.9 Å². The van der Waals surface area contributed by atoms with E-state index < -0.39 is 15.9 Å². The molecule has 1 amide bonds. The van der Waals surface area contributed by atoms with Crippen LogP contribution >= 0.6 is 0 Å². The monoisotopic (exact) mass is 482 g/mol. The number of hydrogen-bond acceptors (Lipinski definition) is 6. The number of benzene rings is 3. The molecule has 0 spiro atoms. The maximum atomic E-state index is 12.9. The third-order valence-electron chi connectivity index (χ3n) is 4.94. The highest BCUT2D eigenvalue weighted by atomic mass is 32.2. The molecule has 0 aliphatic carbocycles. The number of rotatable bonds is 10. The lowest BCUT2D eigenvalue weighted by Crippen LogP contribution is -2.26. The zero-order chi connectivity index (χ0) is 24.7. The van der Waals surface area contributed by atoms with Gasteiger partial charge >= 0.3 is 0 Å². The summed E-state index contributed by atoms with van der Waals surface area (Å²) in [5.74, 6) is 0.412. The standard InChI is InChI=1S/C25H26N2O6S/c1-4-32-20-13-15-22(16-14-20)34(30,31)27(3)19-9-11-21(12-10-19)33-17-25(29)26-24-8-6-5-7-23(24)18(2)28/h5-16H,4,17H2,1-3H3,(H,26,29). The van der Waals surface area contributed by atoms with Crippen molar-refractivity contribution in [1.82, 2.24) is 0 Å². The number of Topliss-reactive ketones (excluding diaryl/α,β-unsaturated/α-hetero) is 1. The molecule has 9 heteroatoms. The molecule has 3 aromatic carbocycles. The first-order valence-electron chi connectivity index (χ1n) is 10.6. The second-order valence-electron chi connectivity index (χ2n) is 7.31. The number of ether oxygens (including phenoxy) is 2. The molecule has 0 saturated carbocycles. The molecule has 3 rings (SSSR count). The van der Waals surface area contributed by atoms with Gasteiger partial charge < -0.3 is 14.8 Å². The van der Waals surface area contributed by atoms with Crippen molar-refractivity contribution >= 4 is 33.1 Å². The summed E-state index contributed by atoms with van der Waals surface area (Å²) in [7, 11) is -2.30. The summed E-state index contributed by atoms with van der Waals surface area (Å²) in [5, 5.41) is 2.66. The highest BCUT2D eigenvalue weighted by Gasteiger charge is 2.21. The molecule has 0 bridgehead atoms. The van der Waals surface area contributed by atoms with E-state index >= 15 is 0 Å². The minimum absolute atomic E-state index is 0.140. The van der Waals surface area contributed by atoms with Gasteiger partial charge in [-0.15, -0.1) is 0 Å². The fourth-order valence-corrected chi connectivity index (χ4v) is 4.35. The summed E-state index contributed by atoms with van der Waals surface area (Å²) in [6.07, 6.45) is 0. The number of nitrogens with one attached hydrogen (secondary N) is 1. The van der Waals surface area contributed by atoms with Crippen LogP contribution in [-0.2, 0) is 14.8 Å². The van der Waals surface area contributed by atoms with Crippen LogP contribution in [0.3, 0.4) is 0 Å². The third kappa shape index (κ3) is 5.93. The molecule has 0 aromatic heterocycles. The summed E-state index contributed by atoms with van der Waals surface area (Å²) in [6, 6.07) is 19.3. The second-order valence-corrected chi connectivity index (χ2v) is 9.28. The lowest BCUT2D eigenvalue weighted by Gasteiger charge is -2.20. The fourth-order valence-electron chi connectivity index (χ4n) is 3.16. The molecule has 0 aliphatic heterocycles. The summed E-state index contributed by atoms with van der Waals surface area (Å²) in [4.78, 5) is 24.1. The lowest BCUT2D eigenvalue weighted by molar-refractivity contribution is -0.118. The quantitative estimate of drug-likeness (QED) is 0.436. The van der Waals surface area contributed by atoms with E-state index in [1.54, 1.807) is 60.7 Å². The Labute approximate surface area is 199 Å². The van der Waals surface area contributed by atoms with Gasteiger partial charge in [0.2, 0.25) is 0 Å². The van der Waals surface area contributed by atoms with E-state index in [9.17, 15) is 18.0 Å². The van der Waals surface area contributed by atoms with Gasteiger partial charge in [0.05, 0.1) is 22.9 Å². The van der Waals surface area contributed by atoms with Crippen LogP contribution in [0.5, 0.6) is 11.5 Å². The molecule has 0 radical (unpaired) electrons.